The minimum Gasteiger partial charge on any atom is -0.326 e. The van der Waals surface area contributed by atoms with E-state index in [9.17, 15) is 9.59 Å². The number of carbonyl (C=O) groups excluding carboxylic acids is 2. The Kier molecular flexibility index (Phi) is 5.11. The Labute approximate surface area is 107 Å². The fourth-order valence-corrected chi connectivity index (χ4v) is 1.33. The molecule has 4 heteroatoms. The van der Waals surface area contributed by atoms with E-state index in [4.69, 9.17) is 0 Å². The summed E-state index contributed by atoms with van der Waals surface area (Å²) in [5.74, 6) is -0.184. The quantitative estimate of drug-likeness (QED) is 0.802. The summed E-state index contributed by atoms with van der Waals surface area (Å²) in [5, 5.41) is 5.48. The lowest BCUT2D eigenvalue weighted by molar-refractivity contribution is -0.116. The Hall–Kier alpha value is -2.10. The van der Waals surface area contributed by atoms with Crippen molar-refractivity contribution >= 4 is 23.2 Å². The van der Waals surface area contributed by atoms with Crippen molar-refractivity contribution in [2.75, 3.05) is 10.6 Å². The van der Waals surface area contributed by atoms with Gasteiger partial charge in [-0.25, -0.2) is 0 Å². The van der Waals surface area contributed by atoms with Gasteiger partial charge in [-0.3, -0.25) is 9.59 Å². The van der Waals surface area contributed by atoms with Gasteiger partial charge in [0.05, 0.1) is 0 Å². The van der Waals surface area contributed by atoms with Gasteiger partial charge in [-0.2, -0.15) is 0 Å². The molecule has 2 amide bonds. The van der Waals surface area contributed by atoms with E-state index in [1.54, 1.807) is 31.2 Å². The minimum atomic E-state index is -0.152. The third kappa shape index (κ3) is 4.82. The molecule has 0 atom stereocenters. The normalized spacial score (nSPS) is 9.50. The van der Waals surface area contributed by atoms with Crippen LogP contribution >= 0.6 is 0 Å². The summed E-state index contributed by atoms with van der Waals surface area (Å²) < 4.78 is 0. The van der Waals surface area contributed by atoms with Crippen molar-refractivity contribution in [3.05, 3.63) is 35.9 Å². The third-order valence-electron chi connectivity index (χ3n) is 2.18. The summed E-state index contributed by atoms with van der Waals surface area (Å²) in [7, 11) is 0. The van der Waals surface area contributed by atoms with Gasteiger partial charge in [-0.15, -0.1) is 0 Å². The SMILES string of the molecule is CCC(=O)Nc1ccc(NC(=O)C=C(C)C)cc1. The highest BCUT2D eigenvalue weighted by Gasteiger charge is 2.01. The van der Waals surface area contributed by atoms with Gasteiger partial charge in [0.2, 0.25) is 11.8 Å². The molecule has 0 spiro atoms. The monoisotopic (exact) mass is 246 g/mol. The zero-order valence-corrected chi connectivity index (χ0v) is 10.9. The molecule has 0 aliphatic heterocycles. The second kappa shape index (κ2) is 6.59. The lowest BCUT2D eigenvalue weighted by Crippen LogP contribution is -2.10. The van der Waals surface area contributed by atoms with Gasteiger partial charge in [0, 0.05) is 23.9 Å². The molecule has 0 aromatic heterocycles. The average Bonchev–Trinajstić information content (AvgIpc) is 2.30. The first-order valence-corrected chi connectivity index (χ1v) is 5.87. The molecule has 0 fully saturated rings. The van der Waals surface area contributed by atoms with Crippen LogP contribution in [-0.4, -0.2) is 11.8 Å². The van der Waals surface area contributed by atoms with Crippen LogP contribution in [0, 0.1) is 0 Å². The number of benzene rings is 1. The molecule has 4 nitrogen and oxygen atoms in total. The van der Waals surface area contributed by atoms with Crippen LogP contribution in [0.3, 0.4) is 0 Å². The summed E-state index contributed by atoms with van der Waals surface area (Å²) in [4.78, 5) is 22.7. The highest BCUT2D eigenvalue weighted by Crippen LogP contribution is 2.13. The Balaban J connectivity index is 2.63. The largest absolute Gasteiger partial charge is 0.326 e. The first-order valence-electron chi connectivity index (χ1n) is 5.87. The van der Waals surface area contributed by atoms with Crippen molar-refractivity contribution in [1.82, 2.24) is 0 Å². The van der Waals surface area contributed by atoms with Crippen molar-refractivity contribution in [1.29, 1.82) is 0 Å². The van der Waals surface area contributed by atoms with Gasteiger partial charge in [-0.1, -0.05) is 12.5 Å². The molecule has 0 aliphatic rings. The predicted molar refractivity (Wildman–Crippen MR) is 73.4 cm³/mol. The molecule has 1 rings (SSSR count). The maximum absolute atomic E-state index is 11.5. The standard InChI is InChI=1S/C14H18N2O2/c1-4-13(17)15-11-5-7-12(8-6-11)16-14(18)9-10(2)3/h5-9H,4H2,1-3H3,(H,15,17)(H,16,18). The van der Waals surface area contributed by atoms with Crippen molar-refractivity contribution in [2.24, 2.45) is 0 Å². The van der Waals surface area contributed by atoms with Gasteiger partial charge in [0.25, 0.3) is 0 Å². The number of amides is 2. The first-order chi connectivity index (χ1) is 8.51. The van der Waals surface area contributed by atoms with Gasteiger partial charge in [0.15, 0.2) is 0 Å². The zero-order chi connectivity index (χ0) is 13.5. The van der Waals surface area contributed by atoms with Crippen LogP contribution < -0.4 is 10.6 Å². The predicted octanol–water partition coefficient (Wildman–Crippen LogP) is 2.94. The molecule has 2 N–H and O–H groups in total. The van der Waals surface area contributed by atoms with Crippen molar-refractivity contribution in [3.8, 4) is 0 Å². The van der Waals surface area contributed by atoms with Crippen LogP contribution in [0.1, 0.15) is 27.2 Å². The summed E-state index contributed by atoms with van der Waals surface area (Å²) in [6.07, 6.45) is 1.98. The second-order valence-corrected chi connectivity index (χ2v) is 4.19. The number of hydrogen-bond donors (Lipinski definition) is 2. The molecular weight excluding hydrogens is 228 g/mol. The summed E-state index contributed by atoms with van der Waals surface area (Å²) in [6, 6.07) is 7.02. The van der Waals surface area contributed by atoms with Crippen LogP contribution in [0.4, 0.5) is 11.4 Å². The molecule has 0 bridgehead atoms. The van der Waals surface area contributed by atoms with Crippen molar-refractivity contribution in [3.63, 3.8) is 0 Å². The van der Waals surface area contributed by atoms with Crippen LogP contribution in [0.5, 0.6) is 0 Å². The lowest BCUT2D eigenvalue weighted by Gasteiger charge is -2.06. The van der Waals surface area contributed by atoms with Crippen LogP contribution in [-0.2, 0) is 9.59 Å². The molecule has 0 unspecified atom stereocenters. The Morgan fingerprint density at radius 1 is 1.06 bits per heavy atom. The molecule has 0 saturated heterocycles. The zero-order valence-electron chi connectivity index (χ0n) is 10.9. The molecule has 0 aliphatic carbocycles. The van der Waals surface area contributed by atoms with E-state index in [0.29, 0.717) is 12.1 Å². The van der Waals surface area contributed by atoms with E-state index in [2.05, 4.69) is 10.6 Å². The van der Waals surface area contributed by atoms with Crippen molar-refractivity contribution in [2.45, 2.75) is 27.2 Å². The van der Waals surface area contributed by atoms with Gasteiger partial charge in [0.1, 0.15) is 0 Å². The molecule has 18 heavy (non-hydrogen) atoms. The highest BCUT2D eigenvalue weighted by molar-refractivity contribution is 6.00. The van der Waals surface area contributed by atoms with E-state index in [1.807, 2.05) is 13.8 Å². The smallest absolute Gasteiger partial charge is 0.248 e. The maximum atomic E-state index is 11.5. The molecule has 0 radical (unpaired) electrons. The lowest BCUT2D eigenvalue weighted by atomic mass is 10.2. The fraction of sp³-hybridized carbons (Fsp3) is 0.286. The van der Waals surface area contributed by atoms with E-state index >= 15 is 0 Å². The maximum Gasteiger partial charge on any atom is 0.248 e. The number of allylic oxidation sites excluding steroid dienone is 1. The number of hydrogen-bond acceptors (Lipinski definition) is 2. The van der Waals surface area contributed by atoms with Crippen molar-refractivity contribution < 1.29 is 9.59 Å². The highest BCUT2D eigenvalue weighted by atomic mass is 16.2. The number of rotatable bonds is 4. The third-order valence-corrected chi connectivity index (χ3v) is 2.18. The van der Waals surface area contributed by atoms with Gasteiger partial charge in [-0.05, 0) is 38.1 Å². The summed E-state index contributed by atoms with van der Waals surface area (Å²) in [6.45, 7) is 5.52. The topological polar surface area (TPSA) is 58.2 Å². The number of nitrogens with one attached hydrogen (secondary N) is 2. The Morgan fingerprint density at radius 3 is 2.00 bits per heavy atom. The van der Waals surface area contributed by atoms with E-state index in [0.717, 1.165) is 11.3 Å². The molecule has 96 valence electrons. The Bertz CT molecular complexity index is 457. The molecule has 0 heterocycles. The second-order valence-electron chi connectivity index (χ2n) is 4.19. The number of carbonyl (C=O) groups is 2. The van der Waals surface area contributed by atoms with Gasteiger partial charge < -0.3 is 10.6 Å². The molecule has 1 aromatic carbocycles. The van der Waals surface area contributed by atoms with Crippen LogP contribution in [0.15, 0.2) is 35.9 Å². The molecule has 0 saturated carbocycles. The summed E-state index contributed by atoms with van der Waals surface area (Å²) in [5.41, 5.74) is 2.37. The fourth-order valence-electron chi connectivity index (χ4n) is 1.33. The van der Waals surface area contributed by atoms with Crippen LogP contribution in [0.25, 0.3) is 0 Å². The summed E-state index contributed by atoms with van der Waals surface area (Å²) >= 11 is 0. The molecule has 1 aromatic rings. The van der Waals surface area contributed by atoms with E-state index in [1.165, 1.54) is 6.08 Å². The van der Waals surface area contributed by atoms with Gasteiger partial charge >= 0.3 is 0 Å². The first kappa shape index (κ1) is 14.0. The van der Waals surface area contributed by atoms with Crippen LogP contribution in [0.2, 0.25) is 0 Å². The Morgan fingerprint density at radius 2 is 1.56 bits per heavy atom. The van der Waals surface area contributed by atoms with E-state index < -0.39 is 0 Å². The average molecular weight is 246 g/mol. The van der Waals surface area contributed by atoms with E-state index in [-0.39, 0.29) is 11.8 Å². The molecular formula is C14H18N2O2. The number of anilines is 2. The minimum absolute atomic E-state index is 0.0312.